The summed E-state index contributed by atoms with van der Waals surface area (Å²) >= 11 is 5.89. The number of hydrogen-bond acceptors (Lipinski definition) is 2. The molecule has 0 fully saturated rings. The fraction of sp³-hybridized carbons (Fsp3) is 0.235. The van der Waals surface area contributed by atoms with Crippen molar-refractivity contribution in [3.05, 3.63) is 58.6 Å². The van der Waals surface area contributed by atoms with Gasteiger partial charge in [-0.2, -0.15) is 0 Å². The first-order valence-electron chi connectivity index (χ1n) is 6.76. The summed E-state index contributed by atoms with van der Waals surface area (Å²) in [5.41, 5.74) is 2.83. The molecule has 0 unspecified atom stereocenters. The lowest BCUT2D eigenvalue weighted by Crippen LogP contribution is -2.30. The molecule has 3 nitrogen and oxygen atoms in total. The van der Waals surface area contributed by atoms with Crippen LogP contribution in [-0.2, 0) is 4.79 Å². The van der Waals surface area contributed by atoms with Crippen LogP contribution in [0.2, 0.25) is 5.02 Å². The van der Waals surface area contributed by atoms with Gasteiger partial charge in [0, 0.05) is 10.7 Å². The molecule has 110 valence electrons. The first-order chi connectivity index (χ1) is 9.97. The average Bonchev–Trinajstić information content (AvgIpc) is 2.44. The summed E-state index contributed by atoms with van der Waals surface area (Å²) in [6, 6.07) is 12.8. The van der Waals surface area contributed by atoms with Crippen molar-refractivity contribution in [1.82, 2.24) is 0 Å². The van der Waals surface area contributed by atoms with Gasteiger partial charge in [-0.25, -0.2) is 0 Å². The monoisotopic (exact) mass is 303 g/mol. The highest BCUT2D eigenvalue weighted by atomic mass is 35.5. The van der Waals surface area contributed by atoms with E-state index in [4.69, 9.17) is 16.3 Å². The van der Waals surface area contributed by atoms with Crippen molar-refractivity contribution in [2.45, 2.75) is 26.9 Å². The summed E-state index contributed by atoms with van der Waals surface area (Å²) in [6.07, 6.45) is -0.593. The van der Waals surface area contributed by atoms with Crippen LogP contribution in [0.4, 0.5) is 5.69 Å². The van der Waals surface area contributed by atoms with Crippen molar-refractivity contribution in [3.63, 3.8) is 0 Å². The Bertz CT molecular complexity index is 655. The number of aryl methyl sites for hydroxylation is 1. The van der Waals surface area contributed by atoms with Gasteiger partial charge in [0.2, 0.25) is 0 Å². The minimum Gasteiger partial charge on any atom is -0.481 e. The normalized spacial score (nSPS) is 11.8. The molecule has 0 spiro atoms. The molecule has 0 saturated heterocycles. The van der Waals surface area contributed by atoms with Crippen molar-refractivity contribution in [2.24, 2.45) is 0 Å². The van der Waals surface area contributed by atoms with Gasteiger partial charge in [0.25, 0.3) is 5.91 Å². The van der Waals surface area contributed by atoms with Gasteiger partial charge in [0.1, 0.15) is 5.75 Å². The summed E-state index contributed by atoms with van der Waals surface area (Å²) in [7, 11) is 0. The van der Waals surface area contributed by atoms with Gasteiger partial charge in [-0.3, -0.25) is 4.79 Å². The number of carbonyl (C=O) groups excluding carboxylic acids is 1. The topological polar surface area (TPSA) is 38.3 Å². The Morgan fingerprint density at radius 2 is 1.90 bits per heavy atom. The predicted molar refractivity (Wildman–Crippen MR) is 86.1 cm³/mol. The Morgan fingerprint density at radius 1 is 1.19 bits per heavy atom. The Kier molecular flexibility index (Phi) is 4.86. The van der Waals surface area contributed by atoms with Crippen molar-refractivity contribution in [3.8, 4) is 5.75 Å². The third-order valence-corrected chi connectivity index (χ3v) is 3.56. The van der Waals surface area contributed by atoms with Crippen LogP contribution in [0.5, 0.6) is 5.75 Å². The Balaban J connectivity index is 2.04. The molecular formula is C17H18ClNO2. The minimum atomic E-state index is -0.593. The molecule has 0 saturated carbocycles. The van der Waals surface area contributed by atoms with E-state index in [1.807, 2.05) is 32.0 Å². The molecule has 4 heteroatoms. The van der Waals surface area contributed by atoms with Crippen molar-refractivity contribution in [1.29, 1.82) is 0 Å². The van der Waals surface area contributed by atoms with E-state index in [-0.39, 0.29) is 5.91 Å². The zero-order chi connectivity index (χ0) is 15.4. The number of carbonyl (C=O) groups is 1. The highest BCUT2D eigenvalue weighted by molar-refractivity contribution is 6.30. The molecule has 0 aromatic heterocycles. The molecule has 0 aliphatic carbocycles. The number of anilines is 1. The molecule has 1 atom stereocenters. The number of hydrogen-bond donors (Lipinski definition) is 1. The maximum absolute atomic E-state index is 12.1. The molecule has 0 radical (unpaired) electrons. The summed E-state index contributed by atoms with van der Waals surface area (Å²) in [5, 5.41) is 3.37. The van der Waals surface area contributed by atoms with E-state index in [2.05, 4.69) is 5.32 Å². The second kappa shape index (κ2) is 6.64. The van der Waals surface area contributed by atoms with Crippen molar-refractivity contribution in [2.75, 3.05) is 5.32 Å². The van der Waals surface area contributed by atoms with Crippen molar-refractivity contribution >= 4 is 23.2 Å². The summed E-state index contributed by atoms with van der Waals surface area (Å²) in [6.45, 7) is 5.72. The number of benzene rings is 2. The zero-order valence-electron chi connectivity index (χ0n) is 12.3. The molecule has 2 aromatic carbocycles. The summed E-state index contributed by atoms with van der Waals surface area (Å²) < 4.78 is 5.75. The van der Waals surface area contributed by atoms with Gasteiger partial charge in [-0.1, -0.05) is 29.8 Å². The Hall–Kier alpha value is -2.00. The summed E-state index contributed by atoms with van der Waals surface area (Å²) in [5.74, 6) is 0.516. The van der Waals surface area contributed by atoms with Crippen LogP contribution in [0.3, 0.4) is 0 Å². The Morgan fingerprint density at radius 3 is 2.62 bits per heavy atom. The first kappa shape index (κ1) is 15.4. The van der Waals surface area contributed by atoms with Gasteiger partial charge in [-0.05, 0) is 56.2 Å². The predicted octanol–water partition coefficient (Wildman–Crippen LogP) is 4.36. The van der Waals surface area contributed by atoms with E-state index >= 15 is 0 Å². The largest absolute Gasteiger partial charge is 0.481 e. The van der Waals surface area contributed by atoms with E-state index in [1.165, 1.54) is 0 Å². The standard InChI is InChI=1S/C17H18ClNO2/c1-11-6-4-9-16(12(11)2)21-13(3)17(20)19-15-8-5-7-14(18)10-15/h4-10,13H,1-3H3,(H,19,20)/t13-/m1/s1. The van der Waals surface area contributed by atoms with E-state index in [9.17, 15) is 4.79 Å². The molecule has 2 aromatic rings. The first-order valence-corrected chi connectivity index (χ1v) is 7.14. The van der Waals surface area contributed by atoms with Crippen LogP contribution >= 0.6 is 11.6 Å². The van der Waals surface area contributed by atoms with Gasteiger partial charge in [0.15, 0.2) is 6.10 Å². The third kappa shape index (κ3) is 3.99. The lowest BCUT2D eigenvalue weighted by Gasteiger charge is -2.17. The highest BCUT2D eigenvalue weighted by Gasteiger charge is 2.16. The lowest BCUT2D eigenvalue weighted by molar-refractivity contribution is -0.122. The second-order valence-corrected chi connectivity index (χ2v) is 5.39. The molecule has 0 aliphatic rings. The van der Waals surface area contributed by atoms with E-state index < -0.39 is 6.10 Å². The van der Waals surface area contributed by atoms with Crippen LogP contribution in [0.25, 0.3) is 0 Å². The van der Waals surface area contributed by atoms with Crippen LogP contribution in [0.1, 0.15) is 18.1 Å². The zero-order valence-corrected chi connectivity index (χ0v) is 13.1. The molecule has 0 heterocycles. The molecule has 1 amide bonds. The number of ether oxygens (including phenoxy) is 1. The number of nitrogens with one attached hydrogen (secondary N) is 1. The molecule has 0 bridgehead atoms. The smallest absolute Gasteiger partial charge is 0.265 e. The maximum atomic E-state index is 12.1. The number of rotatable bonds is 4. The van der Waals surface area contributed by atoms with Crippen LogP contribution in [-0.4, -0.2) is 12.0 Å². The quantitative estimate of drug-likeness (QED) is 0.911. The SMILES string of the molecule is Cc1cccc(O[C@H](C)C(=O)Nc2cccc(Cl)c2)c1C. The van der Waals surface area contributed by atoms with Crippen LogP contribution < -0.4 is 10.1 Å². The number of halogens is 1. The van der Waals surface area contributed by atoms with Gasteiger partial charge in [0.05, 0.1) is 0 Å². The van der Waals surface area contributed by atoms with Crippen LogP contribution in [0.15, 0.2) is 42.5 Å². The van der Waals surface area contributed by atoms with E-state index in [0.29, 0.717) is 10.7 Å². The molecular weight excluding hydrogens is 286 g/mol. The highest BCUT2D eigenvalue weighted by Crippen LogP contribution is 2.22. The third-order valence-electron chi connectivity index (χ3n) is 3.32. The molecule has 21 heavy (non-hydrogen) atoms. The van der Waals surface area contributed by atoms with E-state index in [0.717, 1.165) is 16.9 Å². The fourth-order valence-corrected chi connectivity index (χ4v) is 2.10. The summed E-state index contributed by atoms with van der Waals surface area (Å²) in [4.78, 5) is 12.1. The van der Waals surface area contributed by atoms with Gasteiger partial charge < -0.3 is 10.1 Å². The van der Waals surface area contributed by atoms with Crippen LogP contribution in [0, 0.1) is 13.8 Å². The molecule has 0 aliphatic heterocycles. The van der Waals surface area contributed by atoms with Crippen molar-refractivity contribution < 1.29 is 9.53 Å². The lowest BCUT2D eigenvalue weighted by atomic mass is 10.1. The molecule has 1 N–H and O–H groups in total. The van der Waals surface area contributed by atoms with Gasteiger partial charge >= 0.3 is 0 Å². The van der Waals surface area contributed by atoms with Gasteiger partial charge in [-0.15, -0.1) is 0 Å². The minimum absolute atomic E-state index is 0.210. The average molecular weight is 304 g/mol. The fourth-order valence-electron chi connectivity index (χ4n) is 1.91. The maximum Gasteiger partial charge on any atom is 0.265 e. The number of amides is 1. The molecule has 2 rings (SSSR count). The van der Waals surface area contributed by atoms with E-state index in [1.54, 1.807) is 31.2 Å². The Labute approximate surface area is 129 Å². The second-order valence-electron chi connectivity index (χ2n) is 4.96.